The van der Waals surface area contributed by atoms with Gasteiger partial charge in [-0.15, -0.1) is 0 Å². The van der Waals surface area contributed by atoms with Crippen molar-refractivity contribution in [3.8, 4) is 16.9 Å². The van der Waals surface area contributed by atoms with Gasteiger partial charge in [0.1, 0.15) is 29.4 Å². The van der Waals surface area contributed by atoms with Gasteiger partial charge in [0.05, 0.1) is 18.3 Å². The molecule has 0 fully saturated rings. The van der Waals surface area contributed by atoms with Crippen molar-refractivity contribution in [1.82, 2.24) is 19.9 Å². The number of hydrogen-bond donors (Lipinski definition) is 2. The van der Waals surface area contributed by atoms with Crippen molar-refractivity contribution >= 4 is 33.4 Å². The standard InChI is InChI=1S/C22H16FN5O/c1-29-14-5-7-20(18(23)10-14)28-22-16-9-13(4-6-19(16)26-12-27-22)17-11-25-21-15(17)3-2-8-24-21/h2-12H,1H3,(H,24,25)(H,26,27,28). The number of benzene rings is 2. The number of ether oxygens (including phenoxy) is 1. The number of nitrogens with one attached hydrogen (secondary N) is 2. The Morgan fingerprint density at radius 2 is 1.93 bits per heavy atom. The average Bonchev–Trinajstić information content (AvgIpc) is 3.19. The van der Waals surface area contributed by atoms with Crippen molar-refractivity contribution in [2.75, 3.05) is 12.4 Å². The second-order valence-electron chi connectivity index (χ2n) is 6.53. The first-order valence-electron chi connectivity index (χ1n) is 9.01. The minimum Gasteiger partial charge on any atom is -0.497 e. The van der Waals surface area contributed by atoms with Crippen LogP contribution in [0.5, 0.6) is 5.75 Å². The number of halogens is 1. The summed E-state index contributed by atoms with van der Waals surface area (Å²) < 4.78 is 19.5. The summed E-state index contributed by atoms with van der Waals surface area (Å²) in [6.07, 6.45) is 5.14. The number of nitrogens with zero attached hydrogens (tertiary/aromatic N) is 3. The Balaban J connectivity index is 1.61. The quantitative estimate of drug-likeness (QED) is 0.452. The zero-order valence-electron chi connectivity index (χ0n) is 15.5. The van der Waals surface area contributed by atoms with Gasteiger partial charge in [-0.2, -0.15) is 0 Å². The molecular formula is C22H16FN5O. The van der Waals surface area contributed by atoms with E-state index in [2.05, 4.69) is 25.3 Å². The van der Waals surface area contributed by atoms with Gasteiger partial charge in [-0.1, -0.05) is 6.07 Å². The van der Waals surface area contributed by atoms with Gasteiger partial charge in [-0.25, -0.2) is 19.3 Å². The molecule has 2 N–H and O–H groups in total. The van der Waals surface area contributed by atoms with E-state index in [1.54, 1.807) is 18.3 Å². The monoisotopic (exact) mass is 385 g/mol. The van der Waals surface area contributed by atoms with E-state index in [1.807, 2.05) is 36.5 Å². The lowest BCUT2D eigenvalue weighted by atomic mass is 10.0. The molecule has 0 bridgehead atoms. The molecule has 0 aliphatic heterocycles. The minimum atomic E-state index is -0.421. The number of aromatic nitrogens is 4. The Morgan fingerprint density at radius 3 is 2.79 bits per heavy atom. The average molecular weight is 385 g/mol. The largest absolute Gasteiger partial charge is 0.497 e. The highest BCUT2D eigenvalue weighted by molar-refractivity contribution is 5.99. The van der Waals surface area contributed by atoms with Crippen molar-refractivity contribution in [1.29, 1.82) is 0 Å². The summed E-state index contributed by atoms with van der Waals surface area (Å²) in [6, 6.07) is 14.5. The molecule has 0 radical (unpaired) electrons. The van der Waals surface area contributed by atoms with Gasteiger partial charge in [-0.05, 0) is 42.0 Å². The van der Waals surface area contributed by atoms with E-state index in [4.69, 9.17) is 4.74 Å². The highest BCUT2D eigenvalue weighted by Crippen LogP contribution is 2.32. The summed E-state index contributed by atoms with van der Waals surface area (Å²) in [6.45, 7) is 0. The summed E-state index contributed by atoms with van der Waals surface area (Å²) in [5.74, 6) is 0.560. The minimum absolute atomic E-state index is 0.312. The van der Waals surface area contributed by atoms with Crippen molar-refractivity contribution in [2.45, 2.75) is 0 Å². The molecule has 0 saturated heterocycles. The third-order valence-corrected chi connectivity index (χ3v) is 4.83. The summed E-state index contributed by atoms with van der Waals surface area (Å²) >= 11 is 0. The lowest BCUT2D eigenvalue weighted by molar-refractivity contribution is 0.411. The lowest BCUT2D eigenvalue weighted by Gasteiger charge is -2.11. The van der Waals surface area contributed by atoms with Crippen molar-refractivity contribution in [3.63, 3.8) is 0 Å². The Morgan fingerprint density at radius 1 is 1.00 bits per heavy atom. The van der Waals surface area contributed by atoms with Gasteiger partial charge in [0.25, 0.3) is 0 Å². The Bertz CT molecular complexity index is 1350. The molecule has 6 nitrogen and oxygen atoms in total. The summed E-state index contributed by atoms with van der Waals surface area (Å²) in [7, 11) is 1.50. The van der Waals surface area contributed by atoms with Gasteiger partial charge in [0, 0.05) is 34.8 Å². The van der Waals surface area contributed by atoms with Crippen LogP contribution in [0.1, 0.15) is 0 Å². The van der Waals surface area contributed by atoms with Crippen LogP contribution in [0.2, 0.25) is 0 Å². The number of H-pyrrole nitrogens is 1. The van der Waals surface area contributed by atoms with Gasteiger partial charge in [0.15, 0.2) is 0 Å². The van der Waals surface area contributed by atoms with Crippen LogP contribution in [-0.2, 0) is 0 Å². The predicted octanol–water partition coefficient (Wildman–Crippen LogP) is 5.06. The van der Waals surface area contributed by atoms with Crippen LogP contribution in [-0.4, -0.2) is 27.0 Å². The van der Waals surface area contributed by atoms with E-state index < -0.39 is 5.82 Å². The molecule has 7 heteroatoms. The molecule has 2 aromatic carbocycles. The van der Waals surface area contributed by atoms with Gasteiger partial charge < -0.3 is 15.0 Å². The summed E-state index contributed by atoms with van der Waals surface area (Å²) in [5.41, 5.74) is 3.92. The Kier molecular flexibility index (Phi) is 4.05. The van der Waals surface area contributed by atoms with Crippen molar-refractivity contribution in [3.05, 3.63) is 73.1 Å². The molecule has 0 unspecified atom stereocenters. The number of fused-ring (bicyclic) bond motifs is 2. The molecule has 0 spiro atoms. The van der Waals surface area contributed by atoms with Crippen LogP contribution < -0.4 is 10.1 Å². The lowest BCUT2D eigenvalue weighted by Crippen LogP contribution is -1.99. The van der Waals surface area contributed by atoms with Crippen molar-refractivity contribution < 1.29 is 9.13 Å². The first-order valence-corrected chi connectivity index (χ1v) is 9.01. The van der Waals surface area contributed by atoms with Crippen molar-refractivity contribution in [2.24, 2.45) is 0 Å². The maximum Gasteiger partial charge on any atom is 0.150 e. The maximum absolute atomic E-state index is 14.4. The third-order valence-electron chi connectivity index (χ3n) is 4.83. The van der Waals surface area contributed by atoms with E-state index >= 15 is 0 Å². The summed E-state index contributed by atoms with van der Waals surface area (Å²) in [4.78, 5) is 16.2. The predicted molar refractivity (Wildman–Crippen MR) is 111 cm³/mol. The van der Waals surface area contributed by atoms with Crippen LogP contribution in [0.4, 0.5) is 15.9 Å². The van der Waals surface area contributed by atoms with Crippen LogP contribution in [0.25, 0.3) is 33.1 Å². The molecule has 3 aromatic heterocycles. The number of hydrogen-bond acceptors (Lipinski definition) is 5. The van der Waals surface area contributed by atoms with E-state index in [0.717, 1.165) is 33.1 Å². The van der Waals surface area contributed by atoms with E-state index in [-0.39, 0.29) is 0 Å². The van der Waals surface area contributed by atoms with E-state index in [9.17, 15) is 4.39 Å². The molecule has 0 aliphatic rings. The Hall–Kier alpha value is -4.00. The molecular weight excluding hydrogens is 369 g/mol. The van der Waals surface area contributed by atoms with Gasteiger partial charge in [-0.3, -0.25) is 0 Å². The number of methoxy groups -OCH3 is 1. The molecule has 29 heavy (non-hydrogen) atoms. The fourth-order valence-corrected chi connectivity index (χ4v) is 3.37. The number of aromatic amines is 1. The topological polar surface area (TPSA) is 75.7 Å². The molecule has 0 aliphatic carbocycles. The normalized spacial score (nSPS) is 11.1. The van der Waals surface area contributed by atoms with Crippen LogP contribution in [0.15, 0.2) is 67.3 Å². The molecule has 5 rings (SSSR count). The number of rotatable bonds is 4. The second-order valence-corrected chi connectivity index (χ2v) is 6.53. The summed E-state index contributed by atoms with van der Waals surface area (Å²) in [5, 5.41) is 4.89. The zero-order valence-corrected chi connectivity index (χ0v) is 15.5. The van der Waals surface area contributed by atoms with Crippen LogP contribution in [0, 0.1) is 5.82 Å². The fourth-order valence-electron chi connectivity index (χ4n) is 3.37. The van der Waals surface area contributed by atoms with Crippen LogP contribution in [0.3, 0.4) is 0 Å². The first-order chi connectivity index (χ1) is 14.2. The fraction of sp³-hybridized carbons (Fsp3) is 0.0455. The smallest absolute Gasteiger partial charge is 0.150 e. The second kappa shape index (κ2) is 6.87. The molecule has 3 heterocycles. The molecule has 0 amide bonds. The highest BCUT2D eigenvalue weighted by atomic mass is 19.1. The Labute approximate surface area is 165 Å². The zero-order chi connectivity index (χ0) is 19.8. The number of pyridine rings is 1. The van der Waals surface area contributed by atoms with Crippen LogP contribution >= 0.6 is 0 Å². The maximum atomic E-state index is 14.4. The number of anilines is 2. The molecule has 142 valence electrons. The van der Waals surface area contributed by atoms with E-state index in [1.165, 1.54) is 19.5 Å². The van der Waals surface area contributed by atoms with Gasteiger partial charge >= 0.3 is 0 Å². The molecule has 5 aromatic rings. The van der Waals surface area contributed by atoms with E-state index in [0.29, 0.717) is 17.3 Å². The third kappa shape index (κ3) is 3.02. The molecule has 0 atom stereocenters. The van der Waals surface area contributed by atoms with Gasteiger partial charge in [0.2, 0.25) is 0 Å². The highest BCUT2D eigenvalue weighted by Gasteiger charge is 2.12. The SMILES string of the molecule is COc1ccc(Nc2ncnc3ccc(-c4c[nH]c5ncccc45)cc23)c(F)c1. The molecule has 0 saturated carbocycles. The first kappa shape index (κ1) is 17.1.